The Morgan fingerprint density at radius 2 is 2.18 bits per heavy atom. The maximum atomic E-state index is 12.3. The fraction of sp³-hybridized carbons (Fsp3) is 0.143. The van der Waals surface area contributed by atoms with E-state index in [2.05, 4.69) is 20.3 Å². The van der Waals surface area contributed by atoms with Crippen molar-refractivity contribution in [3.63, 3.8) is 0 Å². The third-order valence-corrected chi connectivity index (χ3v) is 4.74. The molecule has 2 aromatic heterocycles. The number of hydrogen-bond donors (Lipinski definition) is 1. The second-order valence-corrected chi connectivity index (χ2v) is 6.66. The monoisotopic (exact) mass is 350 g/mol. The zero-order chi connectivity index (χ0) is 15.7. The van der Waals surface area contributed by atoms with Crippen LogP contribution in [0.2, 0.25) is 5.02 Å². The molecule has 112 valence electrons. The largest absolute Gasteiger partial charge is 0.296 e. The normalized spacial score (nSPS) is 10.9. The second kappa shape index (κ2) is 6.20. The summed E-state index contributed by atoms with van der Waals surface area (Å²) < 4.78 is 1.02. The predicted octanol–water partition coefficient (Wildman–Crippen LogP) is 4.02. The lowest BCUT2D eigenvalue weighted by Crippen LogP contribution is -2.15. The molecule has 8 heteroatoms. The van der Waals surface area contributed by atoms with Gasteiger partial charge < -0.3 is 0 Å². The number of thioether (sulfide) groups is 1. The van der Waals surface area contributed by atoms with Crippen LogP contribution in [0.4, 0.5) is 5.13 Å². The molecule has 0 unspecified atom stereocenters. The number of halogens is 1. The topological polar surface area (TPSA) is 67.8 Å². The lowest BCUT2D eigenvalue weighted by molar-refractivity contribution is 0.102. The van der Waals surface area contributed by atoms with Gasteiger partial charge in [0.25, 0.3) is 5.91 Å². The van der Waals surface area contributed by atoms with E-state index in [4.69, 9.17) is 11.6 Å². The van der Waals surface area contributed by atoms with E-state index in [0.29, 0.717) is 10.3 Å². The van der Waals surface area contributed by atoms with Crippen molar-refractivity contribution >= 4 is 56.0 Å². The molecule has 1 N–H and O–H groups in total. The molecule has 0 aliphatic rings. The van der Waals surface area contributed by atoms with Gasteiger partial charge in [0.1, 0.15) is 0 Å². The lowest BCUT2D eigenvalue weighted by atomic mass is 10.2. The minimum Gasteiger partial charge on any atom is -0.296 e. The number of amides is 1. The smallest absolute Gasteiger partial charge is 0.277 e. The summed E-state index contributed by atoms with van der Waals surface area (Å²) in [4.78, 5) is 24.9. The number of aromatic nitrogens is 3. The van der Waals surface area contributed by atoms with Crippen LogP contribution in [0, 0.1) is 6.92 Å². The van der Waals surface area contributed by atoms with Crippen molar-refractivity contribution < 1.29 is 4.79 Å². The molecule has 2 heterocycles. The van der Waals surface area contributed by atoms with Gasteiger partial charge >= 0.3 is 0 Å². The Morgan fingerprint density at radius 3 is 2.91 bits per heavy atom. The molecule has 3 rings (SSSR count). The van der Waals surface area contributed by atoms with Gasteiger partial charge in [0.2, 0.25) is 0 Å². The van der Waals surface area contributed by atoms with E-state index in [1.165, 1.54) is 29.3 Å². The fourth-order valence-electron chi connectivity index (χ4n) is 1.90. The summed E-state index contributed by atoms with van der Waals surface area (Å²) in [5.74, 6) is -0.389. The summed E-state index contributed by atoms with van der Waals surface area (Å²) in [6.07, 6.45) is 3.26. The highest BCUT2D eigenvalue weighted by Gasteiger charge is 2.16. The van der Waals surface area contributed by atoms with Crippen LogP contribution >= 0.6 is 34.7 Å². The summed E-state index contributed by atoms with van der Waals surface area (Å²) in [6, 6.07) is 5.92. The van der Waals surface area contributed by atoms with Crippen LogP contribution in [0.1, 0.15) is 16.1 Å². The Kier molecular flexibility index (Phi) is 4.28. The van der Waals surface area contributed by atoms with Crippen LogP contribution in [-0.2, 0) is 0 Å². The maximum absolute atomic E-state index is 12.3. The minimum atomic E-state index is -0.389. The minimum absolute atomic E-state index is 0.150. The highest BCUT2D eigenvalue weighted by molar-refractivity contribution is 7.98. The molecule has 0 saturated carbocycles. The Morgan fingerprint density at radius 1 is 1.36 bits per heavy atom. The SMILES string of the molecule is CSc1ncc(Cl)c(C(=O)Nc2nc3c(C)cccc3s2)n1. The Hall–Kier alpha value is -1.70. The van der Waals surface area contributed by atoms with Crippen molar-refractivity contribution in [1.29, 1.82) is 0 Å². The van der Waals surface area contributed by atoms with E-state index >= 15 is 0 Å². The summed E-state index contributed by atoms with van der Waals surface area (Å²) in [5.41, 5.74) is 2.11. The maximum Gasteiger partial charge on any atom is 0.277 e. The van der Waals surface area contributed by atoms with Crippen molar-refractivity contribution in [2.24, 2.45) is 0 Å². The average molecular weight is 351 g/mol. The predicted molar refractivity (Wildman–Crippen MR) is 91.1 cm³/mol. The number of rotatable bonds is 3. The number of carbonyl (C=O) groups excluding carboxylic acids is 1. The quantitative estimate of drug-likeness (QED) is 0.570. The van der Waals surface area contributed by atoms with Crippen LogP contribution in [0.25, 0.3) is 10.2 Å². The first kappa shape index (κ1) is 15.2. The molecule has 0 fully saturated rings. The number of fused-ring (bicyclic) bond motifs is 1. The third-order valence-electron chi connectivity index (χ3n) is 2.96. The molecule has 0 atom stereocenters. The van der Waals surface area contributed by atoms with Crippen molar-refractivity contribution in [2.45, 2.75) is 12.1 Å². The van der Waals surface area contributed by atoms with Gasteiger partial charge in [0.15, 0.2) is 16.0 Å². The van der Waals surface area contributed by atoms with Gasteiger partial charge in [-0.1, -0.05) is 46.8 Å². The fourth-order valence-corrected chi connectivity index (χ4v) is 3.36. The Balaban J connectivity index is 1.91. The van der Waals surface area contributed by atoms with E-state index in [1.54, 1.807) is 0 Å². The first-order chi connectivity index (χ1) is 10.6. The number of carbonyl (C=O) groups is 1. The zero-order valence-corrected chi connectivity index (χ0v) is 14.1. The summed E-state index contributed by atoms with van der Waals surface area (Å²) in [7, 11) is 0. The molecule has 0 aliphatic heterocycles. The number of hydrogen-bond acceptors (Lipinski definition) is 6. The highest BCUT2D eigenvalue weighted by atomic mass is 35.5. The number of aryl methyl sites for hydroxylation is 1. The van der Waals surface area contributed by atoms with Crippen LogP contribution in [-0.4, -0.2) is 27.1 Å². The van der Waals surface area contributed by atoms with Crippen LogP contribution in [0.5, 0.6) is 0 Å². The van der Waals surface area contributed by atoms with E-state index in [9.17, 15) is 4.79 Å². The van der Waals surface area contributed by atoms with Crippen LogP contribution in [0.3, 0.4) is 0 Å². The number of para-hydroxylation sites is 1. The molecular formula is C14H11ClN4OS2. The first-order valence-corrected chi connectivity index (χ1v) is 8.74. The third kappa shape index (κ3) is 2.92. The zero-order valence-electron chi connectivity index (χ0n) is 11.8. The summed E-state index contributed by atoms with van der Waals surface area (Å²) in [6.45, 7) is 1.99. The molecule has 0 saturated heterocycles. The molecule has 3 aromatic rings. The van der Waals surface area contributed by atoms with E-state index < -0.39 is 0 Å². The number of benzene rings is 1. The van der Waals surface area contributed by atoms with Gasteiger partial charge in [-0.05, 0) is 24.8 Å². The Labute approximate surface area is 140 Å². The number of nitrogens with one attached hydrogen (secondary N) is 1. The molecule has 5 nitrogen and oxygen atoms in total. The van der Waals surface area contributed by atoms with E-state index in [0.717, 1.165) is 15.8 Å². The van der Waals surface area contributed by atoms with Crippen molar-refractivity contribution in [1.82, 2.24) is 15.0 Å². The first-order valence-electron chi connectivity index (χ1n) is 6.32. The molecule has 22 heavy (non-hydrogen) atoms. The van der Waals surface area contributed by atoms with Crippen molar-refractivity contribution in [2.75, 3.05) is 11.6 Å². The van der Waals surface area contributed by atoms with Crippen molar-refractivity contribution in [3.05, 3.63) is 40.7 Å². The number of thiazole rings is 1. The standard InChI is InChI=1S/C14H11ClN4OS2/c1-7-4-3-5-9-10(7)17-14(22-9)19-12(20)11-8(15)6-16-13(18-11)21-2/h3-6H,1-2H3,(H,17,19,20). The van der Waals surface area contributed by atoms with Gasteiger partial charge in [-0.25, -0.2) is 15.0 Å². The van der Waals surface area contributed by atoms with Crippen molar-refractivity contribution in [3.8, 4) is 0 Å². The van der Waals surface area contributed by atoms with Crippen LogP contribution in [0.15, 0.2) is 29.6 Å². The van der Waals surface area contributed by atoms with Gasteiger partial charge in [0.05, 0.1) is 21.4 Å². The molecule has 1 aromatic carbocycles. The van der Waals surface area contributed by atoms with Gasteiger partial charge in [-0.3, -0.25) is 10.1 Å². The van der Waals surface area contributed by atoms with Crippen LogP contribution < -0.4 is 5.32 Å². The molecule has 0 spiro atoms. The summed E-state index contributed by atoms with van der Waals surface area (Å²) >= 11 is 8.77. The Bertz CT molecular complexity index is 865. The van der Waals surface area contributed by atoms with Gasteiger partial charge in [-0.15, -0.1) is 0 Å². The van der Waals surface area contributed by atoms with Gasteiger partial charge in [0, 0.05) is 0 Å². The van der Waals surface area contributed by atoms with E-state index in [-0.39, 0.29) is 16.6 Å². The molecule has 0 radical (unpaired) electrons. The molecule has 1 amide bonds. The highest BCUT2D eigenvalue weighted by Crippen LogP contribution is 2.28. The number of anilines is 1. The summed E-state index contributed by atoms with van der Waals surface area (Å²) in [5, 5.41) is 3.98. The van der Waals surface area contributed by atoms with Gasteiger partial charge in [-0.2, -0.15) is 0 Å². The molecule has 0 bridgehead atoms. The van der Waals surface area contributed by atoms with E-state index in [1.807, 2.05) is 31.4 Å². The molecular weight excluding hydrogens is 340 g/mol. The second-order valence-electron chi connectivity index (χ2n) is 4.45. The lowest BCUT2D eigenvalue weighted by Gasteiger charge is -2.04. The average Bonchev–Trinajstić information content (AvgIpc) is 2.91. The molecule has 0 aliphatic carbocycles. The number of nitrogens with zero attached hydrogens (tertiary/aromatic N) is 3.